The summed E-state index contributed by atoms with van der Waals surface area (Å²) in [4.78, 5) is 15.5. The summed E-state index contributed by atoms with van der Waals surface area (Å²) in [6, 6.07) is 21.3. The summed E-state index contributed by atoms with van der Waals surface area (Å²) in [5, 5.41) is 18.4. The Morgan fingerprint density at radius 2 is 1.86 bits per heavy atom. The number of aromatic hydroxyl groups is 1. The number of carbonyl (C=O) groups is 1. The van der Waals surface area contributed by atoms with Crippen molar-refractivity contribution in [1.82, 2.24) is 15.1 Å². The number of phenols is 1. The van der Waals surface area contributed by atoms with Gasteiger partial charge < -0.3 is 14.7 Å². The molecule has 1 aliphatic heterocycles. The van der Waals surface area contributed by atoms with Crippen molar-refractivity contribution in [2.24, 2.45) is 0 Å². The molecule has 3 aromatic carbocycles. The van der Waals surface area contributed by atoms with Gasteiger partial charge in [0.05, 0.1) is 12.6 Å². The van der Waals surface area contributed by atoms with Crippen molar-refractivity contribution >= 4 is 5.91 Å². The van der Waals surface area contributed by atoms with Crippen molar-refractivity contribution in [3.05, 3.63) is 100 Å². The summed E-state index contributed by atoms with van der Waals surface area (Å²) in [6.07, 6.45) is 0.911. The number of rotatable bonds is 7. The van der Waals surface area contributed by atoms with E-state index >= 15 is 0 Å². The Bertz CT molecular complexity index is 1380. The van der Waals surface area contributed by atoms with Gasteiger partial charge >= 0.3 is 0 Å². The minimum atomic E-state index is -0.378. The Balaban J connectivity index is 1.67. The van der Waals surface area contributed by atoms with E-state index in [1.807, 2.05) is 85.5 Å². The van der Waals surface area contributed by atoms with Crippen LogP contribution in [0.1, 0.15) is 57.7 Å². The average molecular weight is 468 g/mol. The summed E-state index contributed by atoms with van der Waals surface area (Å²) in [5.74, 6) is 0.832. The fourth-order valence-electron chi connectivity index (χ4n) is 4.83. The van der Waals surface area contributed by atoms with E-state index in [-0.39, 0.29) is 17.7 Å². The van der Waals surface area contributed by atoms with Crippen LogP contribution in [0.4, 0.5) is 0 Å². The zero-order valence-electron chi connectivity index (χ0n) is 20.2. The summed E-state index contributed by atoms with van der Waals surface area (Å²) >= 11 is 0. The largest absolute Gasteiger partial charge is 0.507 e. The minimum absolute atomic E-state index is 0.114. The monoisotopic (exact) mass is 467 g/mol. The van der Waals surface area contributed by atoms with Crippen LogP contribution in [0.15, 0.2) is 66.7 Å². The number of benzene rings is 3. The maximum absolute atomic E-state index is 13.7. The lowest BCUT2D eigenvalue weighted by Gasteiger charge is -2.27. The van der Waals surface area contributed by atoms with Gasteiger partial charge in [-0.05, 0) is 60.7 Å². The van der Waals surface area contributed by atoms with Crippen LogP contribution in [0.3, 0.4) is 0 Å². The molecule has 0 radical (unpaired) electrons. The third-order valence-corrected chi connectivity index (χ3v) is 6.41. The molecule has 1 aliphatic rings. The van der Waals surface area contributed by atoms with E-state index in [1.54, 1.807) is 0 Å². The Morgan fingerprint density at radius 1 is 1.06 bits per heavy atom. The van der Waals surface area contributed by atoms with Crippen LogP contribution in [0.5, 0.6) is 11.5 Å². The van der Waals surface area contributed by atoms with Crippen LogP contribution in [-0.2, 0) is 6.54 Å². The number of H-pyrrole nitrogens is 1. The molecule has 1 atom stereocenters. The van der Waals surface area contributed by atoms with Gasteiger partial charge in [-0.1, -0.05) is 55.5 Å². The third kappa shape index (κ3) is 4.16. The number of phenolic OH excluding ortho intramolecular Hbond substituents is 1. The molecule has 1 aromatic heterocycles. The quantitative estimate of drug-likeness (QED) is 0.353. The first-order valence-electron chi connectivity index (χ1n) is 11.9. The van der Waals surface area contributed by atoms with E-state index in [9.17, 15) is 9.90 Å². The molecule has 178 valence electrons. The van der Waals surface area contributed by atoms with Gasteiger partial charge in [0.25, 0.3) is 5.91 Å². The molecule has 1 amide bonds. The molecule has 0 saturated heterocycles. The number of aromatic amines is 1. The van der Waals surface area contributed by atoms with Gasteiger partial charge in [-0.3, -0.25) is 9.89 Å². The number of aryl methyl sites for hydroxylation is 2. The zero-order valence-corrected chi connectivity index (χ0v) is 20.2. The molecule has 6 nitrogen and oxygen atoms in total. The smallest absolute Gasteiger partial charge is 0.273 e. The first-order valence-corrected chi connectivity index (χ1v) is 11.9. The predicted molar refractivity (Wildman–Crippen MR) is 136 cm³/mol. The standard InChI is InChI=1S/C29H29N3O3/c1-4-13-35-22-12-8-11-21(16-22)27-24-25(23-15-18(2)14-19(3)28(23)33)30-31-26(24)29(34)32(27)17-20-9-6-5-7-10-20/h5-12,14-16,27,33H,4,13,17H2,1-3H3,(H,30,31). The molecule has 2 heterocycles. The van der Waals surface area contributed by atoms with Crippen LogP contribution >= 0.6 is 0 Å². The van der Waals surface area contributed by atoms with Crippen LogP contribution in [0.25, 0.3) is 11.3 Å². The minimum Gasteiger partial charge on any atom is -0.507 e. The zero-order chi connectivity index (χ0) is 24.5. The molecule has 1 unspecified atom stereocenters. The van der Waals surface area contributed by atoms with Crippen LogP contribution in [-0.4, -0.2) is 32.7 Å². The van der Waals surface area contributed by atoms with E-state index in [1.165, 1.54) is 0 Å². The summed E-state index contributed by atoms with van der Waals surface area (Å²) in [6.45, 7) is 7.01. The fraction of sp³-hybridized carbons (Fsp3) is 0.241. The number of aromatic nitrogens is 2. The molecule has 0 spiro atoms. The van der Waals surface area contributed by atoms with Crippen LogP contribution < -0.4 is 4.74 Å². The van der Waals surface area contributed by atoms with Crippen molar-refractivity contribution in [2.45, 2.75) is 39.8 Å². The molecule has 6 heteroatoms. The van der Waals surface area contributed by atoms with E-state index < -0.39 is 0 Å². The highest BCUT2D eigenvalue weighted by Gasteiger charge is 2.42. The molecular formula is C29H29N3O3. The van der Waals surface area contributed by atoms with Gasteiger partial charge in [-0.15, -0.1) is 0 Å². The van der Waals surface area contributed by atoms with Crippen molar-refractivity contribution in [2.75, 3.05) is 6.61 Å². The maximum Gasteiger partial charge on any atom is 0.273 e. The van der Waals surface area contributed by atoms with E-state index in [0.29, 0.717) is 30.1 Å². The Kier molecular flexibility index (Phi) is 6.03. The highest BCUT2D eigenvalue weighted by Crippen LogP contribution is 2.46. The van der Waals surface area contributed by atoms with Gasteiger partial charge in [0.15, 0.2) is 0 Å². The van der Waals surface area contributed by atoms with Crippen molar-refractivity contribution in [3.63, 3.8) is 0 Å². The summed E-state index contributed by atoms with van der Waals surface area (Å²) in [7, 11) is 0. The molecule has 0 saturated carbocycles. The maximum atomic E-state index is 13.7. The third-order valence-electron chi connectivity index (χ3n) is 6.41. The Hall–Kier alpha value is -4.06. The van der Waals surface area contributed by atoms with Crippen LogP contribution in [0.2, 0.25) is 0 Å². The van der Waals surface area contributed by atoms with Crippen molar-refractivity contribution < 1.29 is 14.6 Å². The second-order valence-corrected chi connectivity index (χ2v) is 9.08. The lowest BCUT2D eigenvalue weighted by Crippen LogP contribution is -2.29. The number of nitrogens with one attached hydrogen (secondary N) is 1. The molecule has 0 fully saturated rings. The summed E-state index contributed by atoms with van der Waals surface area (Å²) in [5.41, 5.74) is 6.22. The number of nitrogens with zero attached hydrogens (tertiary/aromatic N) is 2. The van der Waals surface area contributed by atoms with E-state index in [2.05, 4.69) is 17.1 Å². The van der Waals surface area contributed by atoms with Gasteiger partial charge in [-0.2, -0.15) is 5.10 Å². The van der Waals surface area contributed by atoms with Gasteiger partial charge in [-0.25, -0.2) is 0 Å². The van der Waals surface area contributed by atoms with Crippen LogP contribution in [0, 0.1) is 13.8 Å². The van der Waals surface area contributed by atoms with Gasteiger partial charge in [0.1, 0.15) is 22.9 Å². The molecule has 35 heavy (non-hydrogen) atoms. The topological polar surface area (TPSA) is 78.5 Å². The second kappa shape index (κ2) is 9.29. The summed E-state index contributed by atoms with van der Waals surface area (Å²) < 4.78 is 5.90. The van der Waals surface area contributed by atoms with E-state index in [4.69, 9.17) is 4.74 Å². The number of hydrogen-bond acceptors (Lipinski definition) is 4. The normalized spacial score (nSPS) is 14.9. The average Bonchev–Trinajstić information content (AvgIpc) is 3.40. The first kappa shape index (κ1) is 22.7. The molecule has 5 rings (SSSR count). The molecular weight excluding hydrogens is 438 g/mol. The number of amides is 1. The van der Waals surface area contributed by atoms with Crippen molar-refractivity contribution in [1.29, 1.82) is 0 Å². The fourth-order valence-corrected chi connectivity index (χ4v) is 4.83. The Labute approximate surface area is 205 Å². The Morgan fingerprint density at radius 3 is 2.63 bits per heavy atom. The molecule has 0 aliphatic carbocycles. The lowest BCUT2D eigenvalue weighted by molar-refractivity contribution is 0.0730. The number of ether oxygens (including phenoxy) is 1. The SMILES string of the molecule is CCCOc1cccc(C2c3c(-c4cc(C)cc(C)c4O)n[nH]c3C(=O)N2Cc2ccccc2)c1. The highest BCUT2D eigenvalue weighted by atomic mass is 16.5. The predicted octanol–water partition coefficient (Wildman–Crippen LogP) is 5.93. The van der Waals surface area contributed by atoms with Gasteiger partial charge in [0, 0.05) is 17.7 Å². The lowest BCUT2D eigenvalue weighted by atomic mass is 9.94. The number of hydrogen-bond donors (Lipinski definition) is 2. The first-order chi connectivity index (χ1) is 17.0. The highest BCUT2D eigenvalue weighted by molar-refractivity contribution is 6.00. The second-order valence-electron chi connectivity index (χ2n) is 9.08. The number of fused-ring (bicyclic) bond motifs is 1. The molecule has 0 bridgehead atoms. The molecule has 2 N–H and O–H groups in total. The number of carbonyl (C=O) groups excluding carboxylic acids is 1. The van der Waals surface area contributed by atoms with Crippen molar-refractivity contribution in [3.8, 4) is 22.8 Å². The molecule has 4 aromatic rings. The van der Waals surface area contributed by atoms with Gasteiger partial charge in [0.2, 0.25) is 0 Å². The van der Waals surface area contributed by atoms with E-state index in [0.717, 1.165) is 40.0 Å².